The molecule has 3 aromatic heterocycles. The van der Waals surface area contributed by atoms with Gasteiger partial charge in [-0.2, -0.15) is 10.1 Å². The standard InChI is InChI=1S/C22H21FN6O2/c1-4-19-27-22(31-28-19)16-7-10-20(24-11-16)29-14(3)18(12-25-29)21(30)26-13(2)15-5-8-17(23)9-6-15/h5-13H,4H2,1-3H3,(H,26,30). The molecule has 8 nitrogen and oxygen atoms in total. The summed E-state index contributed by atoms with van der Waals surface area (Å²) in [5.41, 5.74) is 2.59. The molecule has 1 amide bonds. The summed E-state index contributed by atoms with van der Waals surface area (Å²) < 4.78 is 19.9. The smallest absolute Gasteiger partial charge is 0.259 e. The maximum atomic E-state index is 13.1. The SMILES string of the molecule is CCc1noc(-c2ccc(-n3ncc(C(=O)NC(C)c4ccc(F)cc4)c3C)nc2)n1. The van der Waals surface area contributed by atoms with Gasteiger partial charge in [0.25, 0.3) is 11.8 Å². The van der Waals surface area contributed by atoms with Crippen molar-refractivity contribution in [2.75, 3.05) is 0 Å². The third-order valence-electron chi connectivity index (χ3n) is 4.97. The van der Waals surface area contributed by atoms with Crippen LogP contribution in [0.1, 0.15) is 47.3 Å². The number of nitrogens with zero attached hydrogens (tertiary/aromatic N) is 5. The van der Waals surface area contributed by atoms with E-state index in [-0.39, 0.29) is 17.8 Å². The molecule has 31 heavy (non-hydrogen) atoms. The van der Waals surface area contributed by atoms with Gasteiger partial charge in [0.15, 0.2) is 11.6 Å². The fraction of sp³-hybridized carbons (Fsp3) is 0.227. The largest absolute Gasteiger partial charge is 0.345 e. The van der Waals surface area contributed by atoms with Gasteiger partial charge in [0.1, 0.15) is 5.82 Å². The number of nitrogens with one attached hydrogen (secondary N) is 1. The summed E-state index contributed by atoms with van der Waals surface area (Å²) >= 11 is 0. The number of pyridine rings is 1. The van der Waals surface area contributed by atoms with Gasteiger partial charge >= 0.3 is 0 Å². The highest BCUT2D eigenvalue weighted by Gasteiger charge is 2.18. The molecule has 3 heterocycles. The Kier molecular flexibility index (Phi) is 5.57. The zero-order valence-electron chi connectivity index (χ0n) is 17.3. The number of benzene rings is 1. The van der Waals surface area contributed by atoms with Crippen molar-refractivity contribution in [3.05, 3.63) is 77.3 Å². The van der Waals surface area contributed by atoms with Gasteiger partial charge in [0.05, 0.1) is 29.1 Å². The number of aromatic nitrogens is 5. The van der Waals surface area contributed by atoms with Crippen molar-refractivity contribution in [1.82, 2.24) is 30.2 Å². The molecule has 0 fully saturated rings. The second-order valence-electron chi connectivity index (χ2n) is 7.08. The van der Waals surface area contributed by atoms with Crippen LogP contribution in [0, 0.1) is 12.7 Å². The van der Waals surface area contributed by atoms with Crippen LogP contribution >= 0.6 is 0 Å². The van der Waals surface area contributed by atoms with Crippen molar-refractivity contribution in [2.45, 2.75) is 33.2 Å². The first kappa shape index (κ1) is 20.4. The Balaban J connectivity index is 1.50. The first-order valence-electron chi connectivity index (χ1n) is 9.86. The van der Waals surface area contributed by atoms with Crippen molar-refractivity contribution in [3.63, 3.8) is 0 Å². The van der Waals surface area contributed by atoms with E-state index in [0.717, 1.165) is 5.56 Å². The normalized spacial score (nSPS) is 12.0. The van der Waals surface area contributed by atoms with Crippen LogP contribution in [-0.2, 0) is 6.42 Å². The molecule has 0 aliphatic rings. The van der Waals surface area contributed by atoms with Crippen LogP contribution in [0.3, 0.4) is 0 Å². The first-order chi connectivity index (χ1) is 15.0. The van der Waals surface area contributed by atoms with Gasteiger partial charge in [-0.3, -0.25) is 4.79 Å². The minimum Gasteiger partial charge on any atom is -0.345 e. The van der Waals surface area contributed by atoms with E-state index in [9.17, 15) is 9.18 Å². The summed E-state index contributed by atoms with van der Waals surface area (Å²) in [6, 6.07) is 9.34. The third-order valence-corrected chi connectivity index (χ3v) is 4.97. The number of halogens is 1. The minimum absolute atomic E-state index is 0.268. The summed E-state index contributed by atoms with van der Waals surface area (Å²) in [5.74, 6) is 1.01. The minimum atomic E-state index is -0.317. The topological polar surface area (TPSA) is 98.7 Å². The van der Waals surface area contributed by atoms with Crippen LogP contribution in [0.4, 0.5) is 4.39 Å². The van der Waals surface area contributed by atoms with E-state index in [4.69, 9.17) is 4.52 Å². The highest BCUT2D eigenvalue weighted by Crippen LogP contribution is 2.20. The maximum absolute atomic E-state index is 13.1. The van der Waals surface area contributed by atoms with E-state index < -0.39 is 0 Å². The van der Waals surface area contributed by atoms with E-state index in [1.807, 2.05) is 19.9 Å². The lowest BCUT2D eigenvalue weighted by Gasteiger charge is -2.14. The quantitative estimate of drug-likeness (QED) is 0.509. The zero-order chi connectivity index (χ0) is 22.0. The van der Waals surface area contributed by atoms with Crippen LogP contribution in [0.2, 0.25) is 0 Å². The molecule has 9 heteroatoms. The Morgan fingerprint density at radius 3 is 2.61 bits per heavy atom. The van der Waals surface area contributed by atoms with Crippen molar-refractivity contribution < 1.29 is 13.7 Å². The highest BCUT2D eigenvalue weighted by atomic mass is 19.1. The molecule has 1 unspecified atom stereocenters. The van der Waals surface area contributed by atoms with Crippen molar-refractivity contribution in [1.29, 1.82) is 0 Å². The monoisotopic (exact) mass is 420 g/mol. The van der Waals surface area contributed by atoms with E-state index in [1.54, 1.807) is 36.0 Å². The Labute approximate surface area is 178 Å². The number of hydrogen-bond donors (Lipinski definition) is 1. The lowest BCUT2D eigenvalue weighted by Crippen LogP contribution is -2.27. The van der Waals surface area contributed by atoms with Crippen LogP contribution in [-0.4, -0.2) is 30.8 Å². The highest BCUT2D eigenvalue weighted by molar-refractivity contribution is 5.95. The molecule has 1 aromatic carbocycles. The molecular weight excluding hydrogens is 399 g/mol. The Morgan fingerprint density at radius 2 is 1.97 bits per heavy atom. The molecular formula is C22H21FN6O2. The molecule has 0 spiro atoms. The fourth-order valence-electron chi connectivity index (χ4n) is 3.13. The van der Waals surface area contributed by atoms with Gasteiger partial charge in [0, 0.05) is 12.6 Å². The van der Waals surface area contributed by atoms with E-state index in [1.165, 1.54) is 18.3 Å². The molecule has 0 saturated heterocycles. The molecule has 158 valence electrons. The van der Waals surface area contributed by atoms with Crippen LogP contribution < -0.4 is 5.32 Å². The Hall–Kier alpha value is -3.88. The molecule has 0 aliphatic carbocycles. The Bertz CT molecular complexity index is 1200. The summed E-state index contributed by atoms with van der Waals surface area (Å²) in [6.07, 6.45) is 3.81. The number of amides is 1. The summed E-state index contributed by atoms with van der Waals surface area (Å²) in [5, 5.41) is 11.1. The Morgan fingerprint density at radius 1 is 1.19 bits per heavy atom. The van der Waals surface area contributed by atoms with E-state index in [2.05, 4.69) is 25.5 Å². The van der Waals surface area contributed by atoms with Crippen LogP contribution in [0.25, 0.3) is 17.3 Å². The lowest BCUT2D eigenvalue weighted by molar-refractivity contribution is 0.0939. The van der Waals surface area contributed by atoms with Gasteiger partial charge in [-0.15, -0.1) is 0 Å². The van der Waals surface area contributed by atoms with Gasteiger partial charge in [-0.05, 0) is 43.7 Å². The number of aryl methyl sites for hydroxylation is 1. The molecule has 4 rings (SSSR count). The average molecular weight is 420 g/mol. The number of carbonyl (C=O) groups excluding carboxylic acids is 1. The molecule has 0 aliphatic heterocycles. The summed E-state index contributed by atoms with van der Waals surface area (Å²) in [7, 11) is 0. The molecule has 0 radical (unpaired) electrons. The summed E-state index contributed by atoms with van der Waals surface area (Å²) in [6.45, 7) is 5.59. The number of rotatable bonds is 6. The predicted octanol–water partition coefficient (Wildman–Crippen LogP) is 3.82. The van der Waals surface area contributed by atoms with Gasteiger partial charge in [-0.25, -0.2) is 14.1 Å². The second-order valence-corrected chi connectivity index (χ2v) is 7.08. The van der Waals surface area contributed by atoms with Crippen LogP contribution in [0.15, 0.2) is 53.3 Å². The van der Waals surface area contributed by atoms with Gasteiger partial charge < -0.3 is 9.84 Å². The fourth-order valence-corrected chi connectivity index (χ4v) is 3.13. The third kappa shape index (κ3) is 4.20. The zero-order valence-corrected chi connectivity index (χ0v) is 17.3. The second kappa shape index (κ2) is 8.47. The number of carbonyl (C=O) groups is 1. The lowest BCUT2D eigenvalue weighted by atomic mass is 10.1. The van der Waals surface area contributed by atoms with Crippen molar-refractivity contribution in [2.24, 2.45) is 0 Å². The van der Waals surface area contributed by atoms with Gasteiger partial charge in [0.2, 0.25) is 0 Å². The molecule has 0 saturated carbocycles. The first-order valence-corrected chi connectivity index (χ1v) is 9.86. The van der Waals surface area contributed by atoms with Crippen LogP contribution in [0.5, 0.6) is 0 Å². The maximum Gasteiger partial charge on any atom is 0.259 e. The van der Waals surface area contributed by atoms with Crippen molar-refractivity contribution >= 4 is 5.91 Å². The average Bonchev–Trinajstić information content (AvgIpc) is 3.41. The molecule has 1 N–H and O–H groups in total. The predicted molar refractivity (Wildman–Crippen MR) is 111 cm³/mol. The molecule has 1 atom stereocenters. The van der Waals surface area contributed by atoms with E-state index in [0.29, 0.717) is 40.8 Å². The summed E-state index contributed by atoms with van der Waals surface area (Å²) in [4.78, 5) is 21.4. The van der Waals surface area contributed by atoms with Gasteiger partial charge in [-0.1, -0.05) is 24.2 Å². The molecule has 0 bridgehead atoms. The van der Waals surface area contributed by atoms with E-state index >= 15 is 0 Å². The number of hydrogen-bond acceptors (Lipinski definition) is 6. The molecule has 4 aromatic rings. The van der Waals surface area contributed by atoms with Crippen molar-refractivity contribution in [3.8, 4) is 17.3 Å².